The molecule has 12 nitrogen and oxygen atoms in total. The number of alkyl carbamates (subject to hydrolysis) is 1. The topological polar surface area (TPSA) is 137 Å². The van der Waals surface area contributed by atoms with E-state index in [0.29, 0.717) is 19.6 Å². The highest BCUT2D eigenvalue weighted by atomic mass is 35.5. The van der Waals surface area contributed by atoms with Crippen LogP contribution in [0.4, 0.5) is 9.18 Å². The minimum absolute atomic E-state index is 0.0337. The molecule has 1 aromatic carbocycles. The van der Waals surface area contributed by atoms with Crippen molar-refractivity contribution in [3.63, 3.8) is 0 Å². The lowest BCUT2D eigenvalue weighted by atomic mass is 10.0. The molecule has 1 aromatic rings. The first-order chi connectivity index (χ1) is 17.7. The van der Waals surface area contributed by atoms with Crippen LogP contribution in [-0.2, 0) is 32.2 Å². The van der Waals surface area contributed by atoms with E-state index in [9.17, 15) is 24.1 Å². The van der Waals surface area contributed by atoms with Gasteiger partial charge in [-0.15, -0.1) is 5.01 Å². The molecule has 4 atom stereocenters. The lowest BCUT2D eigenvalue weighted by Crippen LogP contribution is -2.52. The van der Waals surface area contributed by atoms with Crippen molar-refractivity contribution in [1.82, 2.24) is 20.5 Å². The fourth-order valence-electron chi connectivity index (χ4n) is 5.35. The number of benzene rings is 1. The maximum absolute atomic E-state index is 15.3. The molecule has 3 unspecified atom stereocenters. The molecule has 0 spiro atoms. The van der Waals surface area contributed by atoms with Gasteiger partial charge in [0, 0.05) is 42.1 Å². The summed E-state index contributed by atoms with van der Waals surface area (Å²) in [5.41, 5.74) is -0.0523. The van der Waals surface area contributed by atoms with Crippen molar-refractivity contribution in [2.75, 3.05) is 19.8 Å². The Bertz CT molecular complexity index is 1200. The highest BCUT2D eigenvalue weighted by molar-refractivity contribution is 6.32. The third-order valence-corrected chi connectivity index (χ3v) is 7.65. The zero-order valence-electron chi connectivity index (χ0n) is 20.0. The van der Waals surface area contributed by atoms with Gasteiger partial charge in [-0.1, -0.05) is 11.6 Å². The van der Waals surface area contributed by atoms with Gasteiger partial charge in [0.25, 0.3) is 11.9 Å². The van der Waals surface area contributed by atoms with Gasteiger partial charge in [-0.2, -0.15) is 0 Å². The molecule has 3 fully saturated rings. The van der Waals surface area contributed by atoms with E-state index in [2.05, 4.69) is 10.6 Å². The number of fused-ring (bicyclic) bond motifs is 2. The van der Waals surface area contributed by atoms with Crippen LogP contribution in [0, 0.1) is 10.7 Å². The van der Waals surface area contributed by atoms with Gasteiger partial charge >= 0.3 is 6.09 Å². The Morgan fingerprint density at radius 1 is 1.38 bits per heavy atom. The van der Waals surface area contributed by atoms with Gasteiger partial charge in [-0.05, 0) is 19.4 Å². The van der Waals surface area contributed by atoms with Crippen molar-refractivity contribution < 1.29 is 37.9 Å². The smallest absolute Gasteiger partial charge is 0.407 e. The van der Waals surface area contributed by atoms with Gasteiger partial charge in [-0.3, -0.25) is 19.7 Å². The van der Waals surface area contributed by atoms with E-state index in [1.165, 1.54) is 11.0 Å². The van der Waals surface area contributed by atoms with Crippen LogP contribution < -0.4 is 10.6 Å². The average Bonchev–Trinajstić information content (AvgIpc) is 3.37. The summed E-state index contributed by atoms with van der Waals surface area (Å²) in [6.45, 7) is 2.29. The summed E-state index contributed by atoms with van der Waals surface area (Å²) >= 11 is 6.33. The quantitative estimate of drug-likeness (QED) is 0.419. The number of nitroso groups, excluding NO2 is 1. The van der Waals surface area contributed by atoms with Crippen LogP contribution in [0.25, 0.3) is 0 Å². The normalized spacial score (nSPS) is 27.2. The maximum Gasteiger partial charge on any atom is 0.407 e. The Balaban J connectivity index is 1.20. The molecule has 3 saturated heterocycles. The number of nitrogens with zero attached hydrogens (tertiary/aromatic N) is 3. The molecule has 4 heterocycles. The largest absolute Gasteiger partial charge is 0.442 e. The van der Waals surface area contributed by atoms with Crippen LogP contribution in [0.2, 0.25) is 5.02 Å². The van der Waals surface area contributed by atoms with Crippen molar-refractivity contribution in [1.29, 1.82) is 0 Å². The summed E-state index contributed by atoms with van der Waals surface area (Å²) in [6.07, 6.45) is -0.268. The third kappa shape index (κ3) is 4.61. The number of rotatable bonds is 5. The molecule has 0 aliphatic carbocycles. The Morgan fingerprint density at radius 2 is 2.16 bits per heavy atom. The van der Waals surface area contributed by atoms with Crippen molar-refractivity contribution in [2.24, 2.45) is 0 Å². The van der Waals surface area contributed by atoms with Crippen LogP contribution in [0.1, 0.15) is 47.7 Å². The zero-order valence-corrected chi connectivity index (χ0v) is 20.8. The Hall–Kier alpha value is -3.32. The maximum atomic E-state index is 15.3. The number of piperidine rings is 1. The van der Waals surface area contributed by atoms with Crippen molar-refractivity contribution >= 4 is 35.4 Å². The van der Waals surface area contributed by atoms with Crippen molar-refractivity contribution in [3.8, 4) is 0 Å². The lowest BCUT2D eigenvalue weighted by Gasteiger charge is -2.29. The summed E-state index contributed by atoms with van der Waals surface area (Å²) in [5, 5.41) is 6.41. The molecule has 198 valence electrons. The first-order valence-corrected chi connectivity index (χ1v) is 12.4. The molecule has 14 heteroatoms. The van der Waals surface area contributed by atoms with E-state index in [-0.39, 0.29) is 66.4 Å². The second-order valence-corrected chi connectivity index (χ2v) is 9.94. The predicted molar refractivity (Wildman–Crippen MR) is 124 cm³/mol. The molecule has 0 saturated carbocycles. The number of amides is 4. The van der Waals surface area contributed by atoms with Gasteiger partial charge < -0.3 is 19.7 Å². The molecule has 0 aromatic heterocycles. The first kappa shape index (κ1) is 25.3. The fraction of sp³-hybridized carbons (Fsp3) is 0.565. The monoisotopic (exact) mass is 538 g/mol. The molecule has 5 rings (SSSR count). The number of hydrazine groups is 1. The minimum atomic E-state index is -0.907. The first-order valence-electron chi connectivity index (χ1n) is 12.0. The Morgan fingerprint density at radius 3 is 2.89 bits per heavy atom. The van der Waals surface area contributed by atoms with Gasteiger partial charge in [-0.25, -0.2) is 9.18 Å². The number of ether oxygens (including phenoxy) is 2. The molecule has 2 N–H and O–H groups in total. The summed E-state index contributed by atoms with van der Waals surface area (Å²) < 4.78 is 26.1. The molecular weight excluding hydrogens is 513 g/mol. The molecule has 4 aliphatic rings. The zero-order chi connectivity index (χ0) is 26.4. The van der Waals surface area contributed by atoms with Gasteiger partial charge in [0.05, 0.1) is 23.2 Å². The lowest BCUT2D eigenvalue weighted by molar-refractivity contribution is -0.720. The second-order valence-electron chi connectivity index (χ2n) is 9.54. The summed E-state index contributed by atoms with van der Waals surface area (Å²) in [4.78, 5) is 63.5. The second kappa shape index (κ2) is 9.86. The van der Waals surface area contributed by atoms with E-state index in [4.69, 9.17) is 21.1 Å². The minimum Gasteiger partial charge on any atom is -0.442 e. The molecule has 37 heavy (non-hydrogen) atoms. The summed E-state index contributed by atoms with van der Waals surface area (Å²) in [6, 6.07) is -0.229. The Kier molecular flexibility index (Phi) is 6.75. The summed E-state index contributed by atoms with van der Waals surface area (Å²) in [5.74, 6) is -2.60. The van der Waals surface area contributed by atoms with Gasteiger partial charge in [0.15, 0.2) is 6.61 Å². The van der Waals surface area contributed by atoms with Crippen LogP contribution in [0.5, 0.6) is 0 Å². The SMILES string of the molecule is C[C@H]1OCCN2C1CC(COC(=O)NCc1cc(Cl)c3c(c1F)C(=O)N(C1CCC(=O)NC1=O)C3)[N+]2=O. The van der Waals surface area contributed by atoms with Crippen LogP contribution in [0.3, 0.4) is 0 Å². The number of hydrogen-bond donors (Lipinski definition) is 2. The fourth-order valence-corrected chi connectivity index (χ4v) is 5.64. The van der Waals surface area contributed by atoms with E-state index in [0.717, 1.165) is 4.87 Å². The van der Waals surface area contributed by atoms with Crippen LogP contribution >= 0.6 is 11.6 Å². The molecule has 4 aliphatic heterocycles. The Labute approximate surface area is 215 Å². The molecular formula is C23H26ClFN5O7+. The highest BCUT2D eigenvalue weighted by Gasteiger charge is 2.52. The van der Waals surface area contributed by atoms with Crippen LogP contribution in [0.15, 0.2) is 6.07 Å². The highest BCUT2D eigenvalue weighted by Crippen LogP contribution is 2.35. The van der Waals surface area contributed by atoms with E-state index in [1.54, 1.807) is 5.01 Å². The number of halogens is 2. The molecule has 0 bridgehead atoms. The third-order valence-electron chi connectivity index (χ3n) is 7.32. The van der Waals surface area contributed by atoms with E-state index >= 15 is 4.39 Å². The number of carbonyl (C=O) groups excluding carboxylic acids is 4. The standard InChI is InChI=1S/C23H25ClFN5O7/c1-11-17-7-13(30(35)29(17)4-5-36-11)10-37-23(34)26-8-12-6-15(24)14-9-28(22(33)19(14)20(12)25)16-2-3-18(31)27-21(16)32/h6,11,13,16-17H,2-5,7-10H2,1H3,(H-,26,27,31,32,34)/p+1/t11-,13?,16?,17?/m1/s1. The number of nitrogens with one attached hydrogen (secondary N) is 2. The predicted octanol–water partition coefficient (Wildman–Crippen LogP) is 1.02. The molecule has 4 amide bonds. The molecule has 0 radical (unpaired) electrons. The average molecular weight is 539 g/mol. The number of hydrogen-bond acceptors (Lipinski definition) is 7. The number of carbonyl (C=O) groups is 4. The van der Waals surface area contributed by atoms with Crippen molar-refractivity contribution in [2.45, 2.75) is 63.5 Å². The van der Waals surface area contributed by atoms with Crippen LogP contribution in [-0.4, -0.2) is 82.6 Å². The van der Waals surface area contributed by atoms with Crippen molar-refractivity contribution in [3.05, 3.63) is 38.5 Å². The van der Waals surface area contributed by atoms with E-state index in [1.807, 2.05) is 6.92 Å². The van der Waals surface area contributed by atoms with E-state index < -0.39 is 41.7 Å². The number of morpholine rings is 1. The summed E-state index contributed by atoms with van der Waals surface area (Å²) in [7, 11) is 0. The van der Waals surface area contributed by atoms with Gasteiger partial charge in [0.2, 0.25) is 11.8 Å². The van der Waals surface area contributed by atoms with Gasteiger partial charge in [0.1, 0.15) is 29.3 Å². The number of imide groups is 1.